The molecule has 0 aromatic rings. The lowest BCUT2D eigenvalue weighted by Crippen LogP contribution is -2.58. The summed E-state index contributed by atoms with van der Waals surface area (Å²) >= 11 is -0.518. The molecule has 0 amide bonds. The van der Waals surface area contributed by atoms with Gasteiger partial charge in [-0.25, -0.2) is 0 Å². The molecule has 0 unspecified atom stereocenters. The summed E-state index contributed by atoms with van der Waals surface area (Å²) in [6.45, 7) is 8.93. The standard InChI is InChI=1S/C10H21IN2O/c1-9(2)6-5-7-10(3,4)13(9)14-8-11-12/h12H,5-8H2,1-4H3. The van der Waals surface area contributed by atoms with Crippen LogP contribution in [0.15, 0.2) is 0 Å². The lowest BCUT2D eigenvalue weighted by Gasteiger charge is -2.51. The van der Waals surface area contributed by atoms with Gasteiger partial charge in [0.15, 0.2) is 0 Å². The maximum absolute atomic E-state index is 7.24. The smallest absolute Gasteiger partial charge is 0.131 e. The number of alkyl halides is 1. The van der Waals surface area contributed by atoms with E-state index >= 15 is 0 Å². The summed E-state index contributed by atoms with van der Waals surface area (Å²) in [7, 11) is 0. The Kier molecular flexibility index (Phi) is 4.05. The van der Waals surface area contributed by atoms with Crippen molar-refractivity contribution in [3.05, 3.63) is 0 Å². The summed E-state index contributed by atoms with van der Waals surface area (Å²) in [5.74, 6) is 0. The van der Waals surface area contributed by atoms with Crippen LogP contribution in [0, 0.1) is 3.56 Å². The van der Waals surface area contributed by atoms with E-state index in [1.165, 1.54) is 19.3 Å². The molecule has 0 atom stereocenters. The summed E-state index contributed by atoms with van der Waals surface area (Å²) in [6.07, 6.45) is 3.65. The van der Waals surface area contributed by atoms with Crippen LogP contribution in [0.25, 0.3) is 0 Å². The van der Waals surface area contributed by atoms with E-state index < -0.39 is 21.0 Å². The molecule has 84 valence electrons. The van der Waals surface area contributed by atoms with Crippen LogP contribution in [0.4, 0.5) is 0 Å². The molecule has 1 aliphatic rings. The number of halogens is 1. The Labute approximate surface area is 97.1 Å². The fourth-order valence-corrected chi connectivity index (χ4v) is 2.82. The molecule has 0 aromatic carbocycles. The highest BCUT2D eigenvalue weighted by molar-refractivity contribution is 14.1. The second-order valence-electron chi connectivity index (χ2n) is 5.14. The molecule has 1 fully saturated rings. The molecule has 1 rings (SSSR count). The third kappa shape index (κ3) is 2.73. The van der Waals surface area contributed by atoms with Crippen molar-refractivity contribution >= 4 is 21.0 Å². The van der Waals surface area contributed by atoms with Gasteiger partial charge in [-0.2, -0.15) is 5.06 Å². The van der Waals surface area contributed by atoms with Crippen LogP contribution in [0.3, 0.4) is 0 Å². The van der Waals surface area contributed by atoms with Crippen LogP contribution < -0.4 is 0 Å². The minimum atomic E-state index is -0.518. The molecular formula is C10H21IN2O. The van der Waals surface area contributed by atoms with Crippen molar-refractivity contribution in [1.29, 1.82) is 3.56 Å². The molecule has 1 saturated heterocycles. The van der Waals surface area contributed by atoms with Crippen LogP contribution in [-0.2, 0) is 4.84 Å². The zero-order chi connectivity index (χ0) is 10.8. The van der Waals surface area contributed by atoms with Gasteiger partial charge in [0, 0.05) is 32.1 Å². The molecule has 4 heteroatoms. The lowest BCUT2D eigenvalue weighted by atomic mass is 9.82. The highest BCUT2D eigenvalue weighted by atomic mass is 127. The van der Waals surface area contributed by atoms with E-state index in [0.717, 1.165) is 0 Å². The Balaban J connectivity index is 2.74. The second-order valence-corrected chi connectivity index (χ2v) is 6.53. The number of hydrogen-bond acceptors (Lipinski definition) is 3. The molecule has 0 aliphatic carbocycles. The van der Waals surface area contributed by atoms with Crippen LogP contribution >= 0.6 is 21.0 Å². The van der Waals surface area contributed by atoms with Crippen molar-refractivity contribution in [2.75, 3.05) is 4.61 Å². The topological polar surface area (TPSA) is 36.3 Å². The Morgan fingerprint density at radius 3 is 2.14 bits per heavy atom. The van der Waals surface area contributed by atoms with Crippen LogP contribution in [0.1, 0.15) is 47.0 Å². The zero-order valence-corrected chi connectivity index (χ0v) is 11.7. The van der Waals surface area contributed by atoms with Gasteiger partial charge in [-0.1, -0.05) is 0 Å². The lowest BCUT2D eigenvalue weighted by molar-refractivity contribution is -0.266. The highest BCUT2D eigenvalue weighted by Crippen LogP contribution is 2.38. The number of hydrogen-bond donors (Lipinski definition) is 1. The monoisotopic (exact) mass is 312 g/mol. The van der Waals surface area contributed by atoms with E-state index in [0.29, 0.717) is 4.61 Å². The Morgan fingerprint density at radius 1 is 1.21 bits per heavy atom. The predicted octanol–water partition coefficient (Wildman–Crippen LogP) is 3.65. The van der Waals surface area contributed by atoms with Gasteiger partial charge in [0.05, 0.1) is 0 Å². The van der Waals surface area contributed by atoms with Crippen molar-refractivity contribution in [3.63, 3.8) is 0 Å². The SMILES string of the molecule is CC1(C)CCCC(C)(C)N1OCI=N. The van der Waals surface area contributed by atoms with Gasteiger partial charge in [-0.05, 0) is 47.0 Å². The number of piperidine rings is 1. The average molecular weight is 312 g/mol. The van der Waals surface area contributed by atoms with E-state index in [1.54, 1.807) is 0 Å². The fourth-order valence-electron chi connectivity index (χ4n) is 2.40. The summed E-state index contributed by atoms with van der Waals surface area (Å²) in [5, 5.41) is 2.14. The molecule has 3 nitrogen and oxygen atoms in total. The van der Waals surface area contributed by atoms with Gasteiger partial charge in [0.2, 0.25) is 0 Å². The van der Waals surface area contributed by atoms with Crippen molar-refractivity contribution in [1.82, 2.24) is 5.06 Å². The Morgan fingerprint density at radius 2 is 1.71 bits per heavy atom. The van der Waals surface area contributed by atoms with Crippen LogP contribution in [0.5, 0.6) is 0 Å². The first-order valence-corrected chi connectivity index (χ1v) is 7.69. The first kappa shape index (κ1) is 12.5. The maximum atomic E-state index is 7.24. The van der Waals surface area contributed by atoms with Crippen molar-refractivity contribution in [3.8, 4) is 0 Å². The predicted molar refractivity (Wildman–Crippen MR) is 66.5 cm³/mol. The molecule has 0 saturated carbocycles. The third-order valence-electron chi connectivity index (χ3n) is 2.91. The van der Waals surface area contributed by atoms with Crippen molar-refractivity contribution in [2.45, 2.75) is 58.0 Å². The van der Waals surface area contributed by atoms with Crippen LogP contribution in [-0.4, -0.2) is 20.8 Å². The molecule has 0 radical (unpaired) electrons. The van der Waals surface area contributed by atoms with E-state index in [4.69, 9.17) is 8.40 Å². The van der Waals surface area contributed by atoms with Gasteiger partial charge in [-0.3, -0.25) is 8.40 Å². The molecule has 0 spiro atoms. The minimum absolute atomic E-state index is 0.126. The van der Waals surface area contributed by atoms with E-state index in [2.05, 4.69) is 32.8 Å². The number of rotatable bonds is 3. The molecule has 0 bridgehead atoms. The number of nitrogens with zero attached hydrogens (tertiary/aromatic N) is 1. The molecule has 0 aromatic heterocycles. The van der Waals surface area contributed by atoms with Gasteiger partial charge in [0.25, 0.3) is 0 Å². The first-order chi connectivity index (χ1) is 6.40. The largest absolute Gasteiger partial charge is 0.286 e. The fraction of sp³-hybridized carbons (Fsp3) is 1.00. The Bertz CT molecular complexity index is 200. The van der Waals surface area contributed by atoms with E-state index in [9.17, 15) is 0 Å². The summed E-state index contributed by atoms with van der Waals surface area (Å²) < 4.78 is 7.86. The van der Waals surface area contributed by atoms with E-state index in [1.807, 2.05) is 0 Å². The number of hydroxylamine groups is 2. The maximum Gasteiger partial charge on any atom is 0.131 e. The van der Waals surface area contributed by atoms with E-state index in [-0.39, 0.29) is 11.1 Å². The summed E-state index contributed by atoms with van der Waals surface area (Å²) in [5.41, 5.74) is 0.251. The molecule has 1 heterocycles. The van der Waals surface area contributed by atoms with Crippen molar-refractivity contribution < 1.29 is 4.84 Å². The van der Waals surface area contributed by atoms with Gasteiger partial charge in [0.1, 0.15) is 4.61 Å². The molecule has 14 heavy (non-hydrogen) atoms. The summed E-state index contributed by atoms with van der Waals surface area (Å²) in [6, 6.07) is 0. The highest BCUT2D eigenvalue weighted by Gasteiger charge is 2.42. The summed E-state index contributed by atoms with van der Waals surface area (Å²) in [4.78, 5) is 5.76. The Hall–Kier alpha value is 0.450. The minimum Gasteiger partial charge on any atom is -0.286 e. The quantitative estimate of drug-likeness (QED) is 0.638. The molecule has 1 N–H and O–H groups in total. The second kappa shape index (κ2) is 4.53. The normalized spacial score (nSPS) is 26.3. The van der Waals surface area contributed by atoms with Crippen molar-refractivity contribution in [2.24, 2.45) is 0 Å². The van der Waals surface area contributed by atoms with Gasteiger partial charge in [-0.15, -0.1) is 0 Å². The van der Waals surface area contributed by atoms with Gasteiger partial charge < -0.3 is 0 Å². The van der Waals surface area contributed by atoms with Crippen LogP contribution in [0.2, 0.25) is 0 Å². The molecular weight excluding hydrogens is 291 g/mol. The average Bonchev–Trinajstić information content (AvgIpc) is 2.01. The first-order valence-electron chi connectivity index (χ1n) is 5.08. The molecule has 1 aliphatic heterocycles. The number of nitrogens with one attached hydrogen (secondary N) is 1. The zero-order valence-electron chi connectivity index (χ0n) is 9.56. The van der Waals surface area contributed by atoms with Gasteiger partial charge >= 0.3 is 0 Å². The third-order valence-corrected chi connectivity index (χ3v) is 3.50.